The molecule has 8 heteroatoms. The van der Waals surface area contributed by atoms with Crippen molar-refractivity contribution < 1.29 is 23.2 Å². The van der Waals surface area contributed by atoms with Crippen molar-refractivity contribution in [3.63, 3.8) is 0 Å². The first-order valence-electron chi connectivity index (χ1n) is 4.98. The van der Waals surface area contributed by atoms with Crippen LogP contribution in [0.4, 0.5) is 24.5 Å². The minimum absolute atomic E-state index is 0.0643. The topological polar surface area (TPSA) is 75.4 Å². The largest absolute Gasteiger partial charge is 0.423 e. The molecule has 1 atom stereocenters. The lowest BCUT2D eigenvalue weighted by molar-refractivity contribution is -0.388. The van der Waals surface area contributed by atoms with Gasteiger partial charge in [0.1, 0.15) is 5.56 Å². The molecule has 0 saturated heterocycles. The van der Waals surface area contributed by atoms with Crippen LogP contribution in [0.5, 0.6) is 0 Å². The first-order chi connectivity index (χ1) is 8.25. The maximum atomic E-state index is 12.6. The summed E-state index contributed by atoms with van der Waals surface area (Å²) < 4.78 is 37.9. The van der Waals surface area contributed by atoms with Gasteiger partial charge in [-0.25, -0.2) is 0 Å². The summed E-state index contributed by atoms with van der Waals surface area (Å²) in [5.74, 6) is 0. The van der Waals surface area contributed by atoms with Gasteiger partial charge in [-0.3, -0.25) is 10.1 Å². The van der Waals surface area contributed by atoms with Gasteiger partial charge in [-0.05, 0) is 19.1 Å². The predicted octanol–water partition coefficient (Wildman–Crippen LogP) is 2.41. The lowest BCUT2D eigenvalue weighted by Gasteiger charge is -2.14. The van der Waals surface area contributed by atoms with E-state index in [1.165, 1.54) is 6.07 Å². The van der Waals surface area contributed by atoms with Crippen LogP contribution in [0.15, 0.2) is 18.2 Å². The van der Waals surface area contributed by atoms with Crippen molar-refractivity contribution >= 4 is 11.4 Å². The molecule has 0 aliphatic heterocycles. The number of halogens is 3. The van der Waals surface area contributed by atoms with Gasteiger partial charge < -0.3 is 10.4 Å². The molecule has 0 spiro atoms. The van der Waals surface area contributed by atoms with Gasteiger partial charge in [0.05, 0.1) is 11.5 Å². The van der Waals surface area contributed by atoms with Crippen LogP contribution in [-0.4, -0.2) is 22.7 Å². The summed E-state index contributed by atoms with van der Waals surface area (Å²) in [6, 6.07) is 2.16. The Kier molecular flexibility index (Phi) is 4.12. The van der Waals surface area contributed by atoms with Crippen molar-refractivity contribution in [1.82, 2.24) is 0 Å². The van der Waals surface area contributed by atoms with Gasteiger partial charge >= 0.3 is 6.18 Å². The number of nitro groups is 1. The Morgan fingerprint density at radius 3 is 2.56 bits per heavy atom. The van der Waals surface area contributed by atoms with E-state index in [9.17, 15) is 23.3 Å². The molecule has 1 aromatic carbocycles. The quantitative estimate of drug-likeness (QED) is 0.646. The highest BCUT2D eigenvalue weighted by atomic mass is 19.4. The van der Waals surface area contributed by atoms with E-state index < -0.39 is 28.4 Å². The molecule has 0 radical (unpaired) electrons. The number of alkyl halides is 3. The number of benzene rings is 1. The highest BCUT2D eigenvalue weighted by Gasteiger charge is 2.38. The second kappa shape index (κ2) is 5.21. The highest BCUT2D eigenvalue weighted by molar-refractivity contribution is 5.55. The number of hydrogen-bond acceptors (Lipinski definition) is 4. The van der Waals surface area contributed by atoms with Crippen LogP contribution in [0.2, 0.25) is 0 Å². The minimum Gasteiger partial charge on any atom is -0.394 e. The smallest absolute Gasteiger partial charge is 0.394 e. The molecule has 0 heterocycles. The minimum atomic E-state index is -4.80. The van der Waals surface area contributed by atoms with Gasteiger partial charge in [0, 0.05) is 17.8 Å². The van der Waals surface area contributed by atoms with Crippen LogP contribution < -0.4 is 5.32 Å². The Labute approximate surface area is 100 Å². The number of nitrogens with one attached hydrogen (secondary N) is 1. The Morgan fingerprint density at radius 2 is 2.11 bits per heavy atom. The van der Waals surface area contributed by atoms with Crippen LogP contribution in [0.1, 0.15) is 12.5 Å². The molecular weight excluding hydrogens is 253 g/mol. The summed E-state index contributed by atoms with van der Waals surface area (Å²) in [6.45, 7) is 1.30. The van der Waals surface area contributed by atoms with E-state index >= 15 is 0 Å². The fourth-order valence-corrected chi connectivity index (χ4v) is 1.34. The Hall–Kier alpha value is -1.83. The van der Waals surface area contributed by atoms with E-state index in [1.54, 1.807) is 6.92 Å². The molecule has 5 nitrogen and oxygen atoms in total. The SMILES string of the molecule is C[C@@H](CO)Nc1ccc([N+](=O)[O-])c(C(F)(F)F)c1. The molecule has 0 fully saturated rings. The normalized spacial score (nSPS) is 13.2. The van der Waals surface area contributed by atoms with Crippen molar-refractivity contribution in [1.29, 1.82) is 0 Å². The van der Waals surface area contributed by atoms with E-state index in [0.29, 0.717) is 6.07 Å². The summed E-state index contributed by atoms with van der Waals surface area (Å²) in [4.78, 5) is 9.42. The molecule has 18 heavy (non-hydrogen) atoms. The van der Waals surface area contributed by atoms with E-state index in [0.717, 1.165) is 6.07 Å². The Balaban J connectivity index is 3.18. The molecule has 1 aromatic rings. The fraction of sp³-hybridized carbons (Fsp3) is 0.400. The number of nitro benzene ring substituents is 1. The van der Waals surface area contributed by atoms with E-state index in [1.807, 2.05) is 0 Å². The van der Waals surface area contributed by atoms with Gasteiger partial charge in [0.15, 0.2) is 0 Å². The number of aliphatic hydroxyl groups excluding tert-OH is 1. The second-order valence-corrected chi connectivity index (χ2v) is 3.71. The molecule has 0 saturated carbocycles. The van der Waals surface area contributed by atoms with Gasteiger partial charge in [-0.1, -0.05) is 0 Å². The van der Waals surface area contributed by atoms with E-state index in [-0.39, 0.29) is 12.3 Å². The van der Waals surface area contributed by atoms with Crippen LogP contribution in [0.3, 0.4) is 0 Å². The standard InChI is InChI=1S/C10H11F3N2O3/c1-6(5-16)14-7-2-3-9(15(17)18)8(4-7)10(11,12)13/h2-4,6,14,16H,5H2,1H3/t6-/m0/s1. The summed E-state index contributed by atoms with van der Waals surface area (Å²) in [5, 5.41) is 21.9. The zero-order chi connectivity index (χ0) is 13.9. The highest BCUT2D eigenvalue weighted by Crippen LogP contribution is 2.37. The summed E-state index contributed by atoms with van der Waals surface area (Å²) in [6.07, 6.45) is -4.80. The van der Waals surface area contributed by atoms with Gasteiger partial charge in [0.2, 0.25) is 0 Å². The number of nitrogens with zero attached hydrogens (tertiary/aromatic N) is 1. The molecule has 0 amide bonds. The molecule has 0 aliphatic carbocycles. The average Bonchev–Trinajstić information content (AvgIpc) is 2.27. The van der Waals surface area contributed by atoms with E-state index in [2.05, 4.69) is 5.32 Å². The van der Waals surface area contributed by atoms with Crippen molar-refractivity contribution in [3.05, 3.63) is 33.9 Å². The van der Waals surface area contributed by atoms with Crippen molar-refractivity contribution in [2.45, 2.75) is 19.1 Å². The van der Waals surface area contributed by atoms with Crippen molar-refractivity contribution in [3.8, 4) is 0 Å². The third-order valence-electron chi connectivity index (χ3n) is 2.19. The molecule has 0 aromatic heterocycles. The monoisotopic (exact) mass is 264 g/mol. The molecule has 2 N–H and O–H groups in total. The predicted molar refractivity (Wildman–Crippen MR) is 58.3 cm³/mol. The van der Waals surface area contributed by atoms with Gasteiger partial charge in [0.25, 0.3) is 5.69 Å². The third kappa shape index (κ3) is 3.33. The van der Waals surface area contributed by atoms with Crippen LogP contribution in [0.25, 0.3) is 0 Å². The number of hydrogen-bond donors (Lipinski definition) is 2. The van der Waals surface area contributed by atoms with Crippen molar-refractivity contribution in [2.24, 2.45) is 0 Å². The van der Waals surface area contributed by atoms with E-state index in [4.69, 9.17) is 5.11 Å². The summed E-state index contributed by atoms with van der Waals surface area (Å²) >= 11 is 0. The van der Waals surface area contributed by atoms with Gasteiger partial charge in [-0.15, -0.1) is 0 Å². The Bertz CT molecular complexity index is 448. The zero-order valence-corrected chi connectivity index (χ0v) is 9.36. The first-order valence-corrected chi connectivity index (χ1v) is 4.98. The number of aliphatic hydroxyl groups is 1. The molecule has 0 unspecified atom stereocenters. The number of anilines is 1. The Morgan fingerprint density at radius 1 is 1.50 bits per heavy atom. The molecule has 1 rings (SSSR count). The zero-order valence-electron chi connectivity index (χ0n) is 9.36. The molecular formula is C10H11F3N2O3. The summed E-state index contributed by atoms with van der Waals surface area (Å²) in [7, 11) is 0. The second-order valence-electron chi connectivity index (χ2n) is 3.71. The maximum Gasteiger partial charge on any atom is 0.423 e. The molecule has 0 aliphatic rings. The maximum absolute atomic E-state index is 12.6. The molecule has 100 valence electrons. The average molecular weight is 264 g/mol. The number of rotatable bonds is 4. The van der Waals surface area contributed by atoms with Gasteiger partial charge in [-0.2, -0.15) is 13.2 Å². The lowest BCUT2D eigenvalue weighted by Crippen LogP contribution is -2.20. The van der Waals surface area contributed by atoms with Crippen molar-refractivity contribution in [2.75, 3.05) is 11.9 Å². The van der Waals surface area contributed by atoms with Crippen LogP contribution in [-0.2, 0) is 6.18 Å². The van der Waals surface area contributed by atoms with Crippen LogP contribution in [0, 0.1) is 10.1 Å². The molecule has 0 bridgehead atoms. The lowest BCUT2D eigenvalue weighted by atomic mass is 10.1. The summed E-state index contributed by atoms with van der Waals surface area (Å²) in [5.41, 5.74) is -2.25. The van der Waals surface area contributed by atoms with Crippen LogP contribution >= 0.6 is 0 Å². The fourth-order valence-electron chi connectivity index (χ4n) is 1.34. The first kappa shape index (κ1) is 14.2. The third-order valence-corrected chi connectivity index (χ3v) is 2.19.